The van der Waals surface area contributed by atoms with Gasteiger partial charge in [0.05, 0.1) is 17.7 Å². The summed E-state index contributed by atoms with van der Waals surface area (Å²) in [6.45, 7) is 0. The fraction of sp³-hybridized carbons (Fsp3) is 0.0500. The number of hydrogen-bond donors (Lipinski definition) is 2. The van der Waals surface area contributed by atoms with Crippen LogP contribution in [-0.2, 0) is 10.0 Å². The van der Waals surface area contributed by atoms with Crippen LogP contribution in [0.1, 0.15) is 10.4 Å². The van der Waals surface area contributed by atoms with E-state index in [0.29, 0.717) is 22.0 Å². The molecule has 0 bridgehead atoms. The Bertz CT molecular complexity index is 1100. The Morgan fingerprint density at radius 3 is 2.39 bits per heavy atom. The van der Waals surface area contributed by atoms with Gasteiger partial charge < -0.3 is 10.1 Å². The summed E-state index contributed by atoms with van der Waals surface area (Å²) in [6.07, 6.45) is 0. The molecule has 2 N–H and O–H groups in total. The molecule has 0 aliphatic carbocycles. The first-order valence-electron chi connectivity index (χ1n) is 8.22. The summed E-state index contributed by atoms with van der Waals surface area (Å²) in [5.74, 6) is -0.111. The lowest BCUT2D eigenvalue weighted by Crippen LogP contribution is -2.15. The molecule has 1 amide bonds. The van der Waals surface area contributed by atoms with Gasteiger partial charge in [-0.05, 0) is 48.5 Å². The number of hydrogen-bond acceptors (Lipinski definition) is 4. The topological polar surface area (TPSA) is 84.5 Å². The van der Waals surface area contributed by atoms with Gasteiger partial charge in [0, 0.05) is 16.3 Å². The lowest BCUT2D eigenvalue weighted by Gasteiger charge is -2.13. The third kappa shape index (κ3) is 4.62. The van der Waals surface area contributed by atoms with E-state index in [1.165, 1.54) is 31.4 Å². The van der Waals surface area contributed by atoms with Crippen LogP contribution in [0.2, 0.25) is 5.02 Å². The zero-order valence-electron chi connectivity index (χ0n) is 14.8. The molecular weight excluding hydrogens is 400 g/mol. The van der Waals surface area contributed by atoms with Crippen molar-refractivity contribution < 1.29 is 17.9 Å². The van der Waals surface area contributed by atoms with E-state index < -0.39 is 15.9 Å². The Hall–Kier alpha value is -3.03. The number of carbonyl (C=O) groups is 1. The fourth-order valence-corrected chi connectivity index (χ4v) is 3.77. The Kier molecular flexibility index (Phi) is 5.87. The summed E-state index contributed by atoms with van der Waals surface area (Å²) >= 11 is 5.92. The molecule has 0 unspecified atom stereocenters. The lowest BCUT2D eigenvalue weighted by molar-refractivity contribution is 0.102. The van der Waals surface area contributed by atoms with Gasteiger partial charge in [-0.25, -0.2) is 8.42 Å². The van der Waals surface area contributed by atoms with Crippen LogP contribution in [0, 0.1) is 0 Å². The Morgan fingerprint density at radius 2 is 1.71 bits per heavy atom. The van der Waals surface area contributed by atoms with Crippen LogP contribution in [0.5, 0.6) is 5.75 Å². The largest absolute Gasteiger partial charge is 0.495 e. The maximum absolute atomic E-state index is 12.7. The molecule has 8 heteroatoms. The predicted molar refractivity (Wildman–Crippen MR) is 110 cm³/mol. The number of amides is 1. The number of para-hydroxylation sites is 1. The molecule has 0 saturated heterocycles. The number of nitrogens with one attached hydrogen (secondary N) is 2. The molecule has 0 heterocycles. The third-order valence-corrected chi connectivity index (χ3v) is 5.46. The number of halogens is 1. The van der Waals surface area contributed by atoms with Crippen LogP contribution >= 0.6 is 11.6 Å². The third-order valence-electron chi connectivity index (χ3n) is 3.84. The molecule has 28 heavy (non-hydrogen) atoms. The molecule has 0 atom stereocenters. The molecule has 3 rings (SSSR count). The molecular formula is C20H17ClN2O4S. The van der Waals surface area contributed by atoms with Crippen LogP contribution in [0.15, 0.2) is 77.7 Å². The van der Waals surface area contributed by atoms with E-state index in [2.05, 4.69) is 10.0 Å². The average molecular weight is 417 g/mol. The maximum Gasteiger partial charge on any atom is 0.261 e. The van der Waals surface area contributed by atoms with E-state index in [4.69, 9.17) is 16.3 Å². The second-order valence-corrected chi connectivity index (χ2v) is 7.92. The Morgan fingerprint density at radius 1 is 0.964 bits per heavy atom. The Labute approximate surface area is 168 Å². The molecule has 0 saturated carbocycles. The van der Waals surface area contributed by atoms with Crippen LogP contribution in [0.3, 0.4) is 0 Å². The number of sulfonamides is 1. The molecule has 0 aliphatic heterocycles. The van der Waals surface area contributed by atoms with Crippen molar-refractivity contribution in [2.45, 2.75) is 4.90 Å². The highest BCUT2D eigenvalue weighted by atomic mass is 35.5. The minimum absolute atomic E-state index is 0.0152. The van der Waals surface area contributed by atoms with E-state index in [-0.39, 0.29) is 10.6 Å². The van der Waals surface area contributed by atoms with E-state index >= 15 is 0 Å². The summed E-state index contributed by atoms with van der Waals surface area (Å²) < 4.78 is 33.1. The SMILES string of the molecule is COc1ccc(S(=O)(=O)Nc2ccccc2)cc1NC(=O)c1cccc(Cl)c1. The highest BCUT2D eigenvalue weighted by Crippen LogP contribution is 2.29. The molecule has 0 aliphatic rings. The number of ether oxygens (including phenoxy) is 1. The number of carbonyl (C=O) groups excluding carboxylic acids is 1. The summed E-state index contributed by atoms with van der Waals surface area (Å²) in [6, 6.07) is 19.2. The van der Waals surface area contributed by atoms with Gasteiger partial charge in [0.1, 0.15) is 5.75 Å². The smallest absolute Gasteiger partial charge is 0.261 e. The number of anilines is 2. The summed E-state index contributed by atoms with van der Waals surface area (Å²) in [5, 5.41) is 3.09. The lowest BCUT2D eigenvalue weighted by atomic mass is 10.2. The van der Waals surface area contributed by atoms with Gasteiger partial charge in [-0.3, -0.25) is 9.52 Å². The van der Waals surface area contributed by atoms with Gasteiger partial charge in [-0.1, -0.05) is 35.9 Å². The first-order chi connectivity index (χ1) is 13.4. The number of methoxy groups -OCH3 is 1. The first kappa shape index (κ1) is 19.7. The van der Waals surface area contributed by atoms with Crippen LogP contribution in [-0.4, -0.2) is 21.4 Å². The molecule has 144 valence electrons. The van der Waals surface area contributed by atoms with Gasteiger partial charge in [-0.2, -0.15) is 0 Å². The standard InChI is InChI=1S/C20H17ClN2O4S/c1-27-19-11-10-17(28(25,26)23-16-8-3-2-4-9-16)13-18(19)22-20(24)14-6-5-7-15(21)12-14/h2-13,23H,1H3,(H,22,24). The van der Waals surface area contributed by atoms with Crippen molar-refractivity contribution in [3.63, 3.8) is 0 Å². The van der Waals surface area contributed by atoms with Crippen LogP contribution in [0.4, 0.5) is 11.4 Å². The predicted octanol–water partition coefficient (Wildman–Crippen LogP) is 4.40. The summed E-state index contributed by atoms with van der Waals surface area (Å²) in [7, 11) is -2.41. The molecule has 0 aromatic heterocycles. The highest BCUT2D eigenvalue weighted by Gasteiger charge is 2.18. The second-order valence-electron chi connectivity index (χ2n) is 5.80. The van der Waals surface area contributed by atoms with E-state index in [1.54, 1.807) is 48.5 Å². The molecule has 0 radical (unpaired) electrons. The highest BCUT2D eigenvalue weighted by molar-refractivity contribution is 7.92. The average Bonchev–Trinajstić information content (AvgIpc) is 2.68. The molecule has 0 spiro atoms. The molecule has 0 fully saturated rings. The van der Waals surface area contributed by atoms with Crippen molar-refractivity contribution in [3.05, 3.63) is 83.4 Å². The van der Waals surface area contributed by atoms with Crippen LogP contribution < -0.4 is 14.8 Å². The Balaban J connectivity index is 1.90. The zero-order valence-corrected chi connectivity index (χ0v) is 16.4. The van der Waals surface area contributed by atoms with Gasteiger partial charge in [0.2, 0.25) is 0 Å². The van der Waals surface area contributed by atoms with E-state index in [1.807, 2.05) is 0 Å². The molecule has 3 aromatic carbocycles. The van der Waals surface area contributed by atoms with Crippen molar-refractivity contribution in [1.82, 2.24) is 0 Å². The molecule has 3 aromatic rings. The van der Waals surface area contributed by atoms with Crippen molar-refractivity contribution in [1.29, 1.82) is 0 Å². The van der Waals surface area contributed by atoms with Crippen molar-refractivity contribution in [2.75, 3.05) is 17.1 Å². The van der Waals surface area contributed by atoms with Gasteiger partial charge in [-0.15, -0.1) is 0 Å². The minimum atomic E-state index is -3.85. The first-order valence-corrected chi connectivity index (χ1v) is 10.1. The van der Waals surface area contributed by atoms with E-state index in [9.17, 15) is 13.2 Å². The summed E-state index contributed by atoms with van der Waals surface area (Å²) in [5.41, 5.74) is 0.997. The van der Waals surface area contributed by atoms with Crippen molar-refractivity contribution >= 4 is 38.9 Å². The zero-order chi connectivity index (χ0) is 20.1. The van der Waals surface area contributed by atoms with E-state index in [0.717, 1.165) is 0 Å². The number of rotatable bonds is 6. The van der Waals surface area contributed by atoms with Gasteiger partial charge in [0.15, 0.2) is 0 Å². The normalized spacial score (nSPS) is 10.9. The van der Waals surface area contributed by atoms with Crippen molar-refractivity contribution in [3.8, 4) is 5.75 Å². The van der Waals surface area contributed by atoms with Crippen LogP contribution in [0.25, 0.3) is 0 Å². The fourth-order valence-electron chi connectivity index (χ4n) is 2.50. The van der Waals surface area contributed by atoms with Gasteiger partial charge >= 0.3 is 0 Å². The monoisotopic (exact) mass is 416 g/mol. The minimum Gasteiger partial charge on any atom is -0.495 e. The quantitative estimate of drug-likeness (QED) is 0.623. The molecule has 6 nitrogen and oxygen atoms in total. The number of benzene rings is 3. The maximum atomic E-state index is 12.7. The van der Waals surface area contributed by atoms with Crippen molar-refractivity contribution in [2.24, 2.45) is 0 Å². The van der Waals surface area contributed by atoms with Gasteiger partial charge in [0.25, 0.3) is 15.9 Å². The summed E-state index contributed by atoms with van der Waals surface area (Å²) in [4.78, 5) is 12.5. The second kappa shape index (κ2) is 8.33.